The highest BCUT2D eigenvalue weighted by molar-refractivity contribution is 5.61. The summed E-state index contributed by atoms with van der Waals surface area (Å²) in [6.45, 7) is 8.90. The average molecular weight is 294 g/mol. The number of halogens is 1. The third-order valence-electron chi connectivity index (χ3n) is 4.07. The molecule has 1 N–H and O–H groups in total. The third-order valence-corrected chi connectivity index (χ3v) is 4.07. The number of hydrogen-bond donors (Lipinski definition) is 1. The Labute approximate surface area is 124 Å². The first-order valence-corrected chi connectivity index (χ1v) is 7.29. The molecule has 2 rings (SSSR count). The number of hydrogen-bond acceptors (Lipinski definition) is 3. The van der Waals surface area contributed by atoms with Crippen molar-refractivity contribution >= 4 is 11.4 Å². The van der Waals surface area contributed by atoms with Crippen LogP contribution in [0.5, 0.6) is 0 Å². The molecule has 1 aliphatic rings. The number of nitro benzene ring substituents is 1. The van der Waals surface area contributed by atoms with Gasteiger partial charge in [-0.15, -0.1) is 0 Å². The largest absolute Gasteiger partial charge is 0.377 e. The van der Waals surface area contributed by atoms with Gasteiger partial charge < -0.3 is 5.32 Å². The Morgan fingerprint density at radius 2 is 1.81 bits per heavy atom. The van der Waals surface area contributed by atoms with Crippen molar-refractivity contribution in [2.75, 3.05) is 5.32 Å². The first kappa shape index (κ1) is 15.7. The Balaban J connectivity index is 2.24. The molecule has 0 unspecified atom stereocenters. The van der Waals surface area contributed by atoms with E-state index in [9.17, 15) is 14.5 Å². The molecule has 1 aromatic carbocycles. The monoisotopic (exact) mass is 294 g/mol. The Morgan fingerprint density at radius 3 is 2.33 bits per heavy atom. The molecule has 0 spiro atoms. The molecule has 1 fully saturated rings. The van der Waals surface area contributed by atoms with Crippen LogP contribution >= 0.6 is 0 Å². The molecule has 21 heavy (non-hydrogen) atoms. The Bertz CT molecular complexity index is 539. The van der Waals surface area contributed by atoms with E-state index in [1.165, 1.54) is 12.1 Å². The highest BCUT2D eigenvalue weighted by Gasteiger charge is 2.38. The van der Waals surface area contributed by atoms with E-state index < -0.39 is 10.7 Å². The van der Waals surface area contributed by atoms with Crippen LogP contribution in [0.3, 0.4) is 0 Å². The van der Waals surface area contributed by atoms with Crippen LogP contribution in [0.4, 0.5) is 15.8 Å². The molecule has 0 bridgehead atoms. The van der Waals surface area contributed by atoms with E-state index in [0.717, 1.165) is 25.3 Å². The minimum absolute atomic E-state index is 0.160. The second-order valence-corrected chi connectivity index (χ2v) is 7.67. The molecule has 1 aromatic rings. The van der Waals surface area contributed by atoms with Gasteiger partial charge in [-0.3, -0.25) is 10.1 Å². The van der Waals surface area contributed by atoms with Crippen molar-refractivity contribution in [3.8, 4) is 0 Å². The number of anilines is 1. The number of benzene rings is 1. The van der Waals surface area contributed by atoms with Gasteiger partial charge in [-0.1, -0.05) is 27.7 Å². The van der Waals surface area contributed by atoms with Gasteiger partial charge in [0.1, 0.15) is 11.5 Å². The van der Waals surface area contributed by atoms with Gasteiger partial charge in [-0.2, -0.15) is 0 Å². The summed E-state index contributed by atoms with van der Waals surface area (Å²) in [5.41, 5.74) is 0.582. The molecule has 0 radical (unpaired) electrons. The molecule has 0 aromatic heterocycles. The zero-order valence-electron chi connectivity index (χ0n) is 13.1. The predicted octanol–water partition coefficient (Wildman–Crippen LogP) is 4.75. The number of nitro groups is 1. The van der Waals surface area contributed by atoms with Gasteiger partial charge in [0.15, 0.2) is 0 Å². The highest BCUT2D eigenvalue weighted by Crippen LogP contribution is 2.46. The second-order valence-electron chi connectivity index (χ2n) is 7.67. The summed E-state index contributed by atoms with van der Waals surface area (Å²) in [6.07, 6.45) is 3.03. The lowest BCUT2D eigenvalue weighted by Crippen LogP contribution is -2.40. The first-order chi connectivity index (χ1) is 9.58. The topological polar surface area (TPSA) is 55.2 Å². The van der Waals surface area contributed by atoms with Crippen LogP contribution in [-0.2, 0) is 0 Å². The van der Waals surface area contributed by atoms with Crippen LogP contribution in [0.15, 0.2) is 18.2 Å². The zero-order valence-corrected chi connectivity index (χ0v) is 13.1. The molecule has 0 atom stereocenters. The Hall–Kier alpha value is -1.65. The van der Waals surface area contributed by atoms with Gasteiger partial charge in [-0.25, -0.2) is 4.39 Å². The van der Waals surface area contributed by atoms with E-state index in [1.54, 1.807) is 0 Å². The van der Waals surface area contributed by atoms with E-state index in [2.05, 4.69) is 33.0 Å². The number of nitrogens with one attached hydrogen (secondary N) is 1. The minimum Gasteiger partial charge on any atom is -0.377 e. The van der Waals surface area contributed by atoms with Crippen molar-refractivity contribution in [2.24, 2.45) is 10.8 Å². The lowest BCUT2D eigenvalue weighted by molar-refractivity contribution is -0.384. The Kier molecular flexibility index (Phi) is 3.95. The van der Waals surface area contributed by atoms with Crippen LogP contribution < -0.4 is 5.32 Å². The lowest BCUT2D eigenvalue weighted by Gasteiger charge is -2.45. The summed E-state index contributed by atoms with van der Waals surface area (Å²) in [5.74, 6) is -0.587. The van der Waals surface area contributed by atoms with Crippen LogP contribution in [0.25, 0.3) is 0 Å². The molecule has 4 nitrogen and oxygen atoms in total. The molecule has 0 aliphatic heterocycles. The normalized spacial score (nSPS) is 21.0. The van der Waals surface area contributed by atoms with Gasteiger partial charge in [0.25, 0.3) is 5.69 Å². The van der Waals surface area contributed by atoms with Crippen molar-refractivity contribution in [2.45, 2.75) is 53.0 Å². The fourth-order valence-corrected chi connectivity index (χ4v) is 3.95. The van der Waals surface area contributed by atoms with Crippen LogP contribution in [0.1, 0.15) is 47.0 Å². The average Bonchev–Trinajstić information content (AvgIpc) is 2.27. The van der Waals surface area contributed by atoms with E-state index in [-0.39, 0.29) is 22.6 Å². The van der Waals surface area contributed by atoms with Crippen LogP contribution in [0, 0.1) is 26.8 Å². The summed E-state index contributed by atoms with van der Waals surface area (Å²) < 4.78 is 13.2. The summed E-state index contributed by atoms with van der Waals surface area (Å²) in [4.78, 5) is 10.5. The molecule has 1 saturated carbocycles. The van der Waals surface area contributed by atoms with Crippen molar-refractivity contribution in [3.63, 3.8) is 0 Å². The molecular formula is C16H23FN2O2. The molecule has 0 amide bonds. The van der Waals surface area contributed by atoms with E-state index >= 15 is 0 Å². The molecule has 0 saturated heterocycles. The minimum atomic E-state index is -0.587. The number of rotatable bonds is 3. The first-order valence-electron chi connectivity index (χ1n) is 7.29. The van der Waals surface area contributed by atoms with E-state index in [1.807, 2.05) is 0 Å². The van der Waals surface area contributed by atoms with Crippen molar-refractivity contribution in [3.05, 3.63) is 34.1 Å². The molecule has 116 valence electrons. The Morgan fingerprint density at radius 1 is 1.24 bits per heavy atom. The summed E-state index contributed by atoms with van der Waals surface area (Å²) >= 11 is 0. The van der Waals surface area contributed by atoms with Crippen molar-refractivity contribution in [1.29, 1.82) is 0 Å². The summed E-state index contributed by atoms with van der Waals surface area (Å²) in [5, 5.41) is 14.3. The number of nitrogens with zero attached hydrogens (tertiary/aromatic N) is 1. The second kappa shape index (κ2) is 5.28. The van der Waals surface area contributed by atoms with Crippen LogP contribution in [-0.4, -0.2) is 11.0 Å². The standard InChI is InChI=1S/C16H23FN2O2/c1-15(2)8-12(9-16(3,4)10-15)18-13-6-5-11(17)7-14(13)19(20)21/h5-7,12,18H,8-10H2,1-4H3. The smallest absolute Gasteiger partial charge is 0.295 e. The third kappa shape index (κ3) is 3.93. The van der Waals surface area contributed by atoms with Crippen LogP contribution in [0.2, 0.25) is 0 Å². The molecule has 0 heterocycles. The molecular weight excluding hydrogens is 271 g/mol. The van der Waals surface area contributed by atoms with Gasteiger partial charge in [0, 0.05) is 6.04 Å². The van der Waals surface area contributed by atoms with Crippen molar-refractivity contribution in [1.82, 2.24) is 0 Å². The summed E-state index contributed by atoms with van der Waals surface area (Å²) in [7, 11) is 0. The van der Waals surface area contributed by atoms with E-state index in [4.69, 9.17) is 0 Å². The van der Waals surface area contributed by atoms with Gasteiger partial charge in [0.05, 0.1) is 11.0 Å². The quantitative estimate of drug-likeness (QED) is 0.646. The van der Waals surface area contributed by atoms with Gasteiger partial charge in [-0.05, 0) is 42.2 Å². The SMILES string of the molecule is CC1(C)CC(Nc2ccc(F)cc2[N+](=O)[O-])CC(C)(C)C1. The van der Waals surface area contributed by atoms with Gasteiger partial charge in [0.2, 0.25) is 0 Å². The fourth-order valence-electron chi connectivity index (χ4n) is 3.95. The maximum Gasteiger partial charge on any atom is 0.295 e. The van der Waals surface area contributed by atoms with Crippen molar-refractivity contribution < 1.29 is 9.31 Å². The lowest BCUT2D eigenvalue weighted by atomic mass is 9.63. The fraction of sp³-hybridized carbons (Fsp3) is 0.625. The maximum atomic E-state index is 13.2. The van der Waals surface area contributed by atoms with Gasteiger partial charge >= 0.3 is 0 Å². The zero-order chi connectivity index (χ0) is 15.8. The molecule has 1 aliphatic carbocycles. The van der Waals surface area contributed by atoms with E-state index in [0.29, 0.717) is 5.69 Å². The maximum absolute atomic E-state index is 13.2. The molecule has 5 heteroatoms. The highest BCUT2D eigenvalue weighted by atomic mass is 19.1. The predicted molar refractivity (Wildman–Crippen MR) is 81.9 cm³/mol. The summed E-state index contributed by atoms with van der Waals surface area (Å²) in [6, 6.07) is 3.85.